The highest BCUT2D eigenvalue weighted by Gasteiger charge is 2.35. The number of benzene rings is 2. The van der Waals surface area contributed by atoms with Gasteiger partial charge >= 0.3 is 0 Å². The molecule has 0 amide bonds. The zero-order chi connectivity index (χ0) is 16.0. The molecule has 0 bridgehead atoms. The number of sulfonamides is 1. The third kappa shape index (κ3) is 2.48. The van der Waals surface area contributed by atoms with Gasteiger partial charge in [0.2, 0.25) is 16.8 Å². The normalized spacial score (nSPS) is 20.3. The molecule has 0 spiro atoms. The van der Waals surface area contributed by atoms with Crippen LogP contribution >= 0.6 is 0 Å². The summed E-state index contributed by atoms with van der Waals surface area (Å²) >= 11 is 0. The summed E-state index contributed by atoms with van der Waals surface area (Å²) in [6, 6.07) is 13.3. The van der Waals surface area contributed by atoms with Crippen molar-refractivity contribution in [1.82, 2.24) is 4.31 Å². The molecule has 2 aliphatic heterocycles. The highest BCUT2D eigenvalue weighted by Crippen LogP contribution is 2.43. The Labute approximate surface area is 135 Å². The molecule has 2 heterocycles. The number of nitrogens with zero attached hydrogens (tertiary/aromatic N) is 1. The molecular formula is C17H17NO4S. The summed E-state index contributed by atoms with van der Waals surface area (Å²) in [5, 5.41) is 0. The predicted octanol–water partition coefficient (Wildman–Crippen LogP) is 2.32. The van der Waals surface area contributed by atoms with Gasteiger partial charge in [0.15, 0.2) is 11.5 Å². The molecule has 2 aliphatic rings. The Kier molecular flexibility index (Phi) is 3.32. The van der Waals surface area contributed by atoms with Crippen molar-refractivity contribution in [2.24, 2.45) is 0 Å². The van der Waals surface area contributed by atoms with Crippen LogP contribution < -0.4 is 9.47 Å². The average Bonchev–Trinajstić information content (AvgIpc) is 2.98. The Morgan fingerprint density at radius 1 is 1.09 bits per heavy atom. The molecule has 120 valence electrons. The zero-order valence-electron chi connectivity index (χ0n) is 12.7. The van der Waals surface area contributed by atoms with Gasteiger partial charge in [-0.3, -0.25) is 0 Å². The van der Waals surface area contributed by atoms with Crippen molar-refractivity contribution in [1.29, 1.82) is 0 Å². The lowest BCUT2D eigenvalue weighted by Crippen LogP contribution is -2.39. The minimum absolute atomic E-state index is 0.212. The summed E-state index contributed by atoms with van der Waals surface area (Å²) in [6.45, 7) is 0.676. The Bertz CT molecular complexity index is 848. The van der Waals surface area contributed by atoms with Gasteiger partial charge in [-0.2, -0.15) is 4.31 Å². The van der Waals surface area contributed by atoms with Crippen molar-refractivity contribution in [2.45, 2.75) is 12.5 Å². The van der Waals surface area contributed by atoms with Crippen LogP contribution in [0.2, 0.25) is 0 Å². The minimum Gasteiger partial charge on any atom is -0.454 e. The molecule has 2 aromatic carbocycles. The lowest BCUT2D eigenvalue weighted by molar-refractivity contribution is 0.174. The highest BCUT2D eigenvalue weighted by molar-refractivity contribution is 7.88. The molecule has 0 N–H and O–H groups in total. The van der Waals surface area contributed by atoms with Crippen molar-refractivity contribution < 1.29 is 17.9 Å². The lowest BCUT2D eigenvalue weighted by atomic mass is 9.89. The minimum atomic E-state index is -3.32. The molecule has 0 saturated heterocycles. The van der Waals surface area contributed by atoms with E-state index in [1.54, 1.807) is 4.31 Å². The number of fused-ring (bicyclic) bond motifs is 2. The fourth-order valence-electron chi connectivity index (χ4n) is 3.32. The summed E-state index contributed by atoms with van der Waals surface area (Å²) in [6.07, 6.45) is 1.93. The number of rotatable bonds is 2. The maximum absolute atomic E-state index is 12.3. The summed E-state index contributed by atoms with van der Waals surface area (Å²) in [5.74, 6) is 1.42. The van der Waals surface area contributed by atoms with Crippen molar-refractivity contribution in [3.8, 4) is 11.5 Å². The first-order chi connectivity index (χ1) is 11.0. The number of hydrogen-bond donors (Lipinski definition) is 0. The van der Waals surface area contributed by atoms with Gasteiger partial charge in [0.1, 0.15) is 0 Å². The molecule has 1 atom stereocenters. The summed E-state index contributed by atoms with van der Waals surface area (Å²) < 4.78 is 37.1. The summed E-state index contributed by atoms with van der Waals surface area (Å²) in [5.41, 5.74) is 3.04. The third-order valence-electron chi connectivity index (χ3n) is 4.36. The van der Waals surface area contributed by atoms with Gasteiger partial charge in [0.05, 0.1) is 12.3 Å². The molecule has 1 unspecified atom stereocenters. The van der Waals surface area contributed by atoms with Crippen LogP contribution in [-0.2, 0) is 16.4 Å². The second-order valence-corrected chi connectivity index (χ2v) is 7.78. The molecule has 4 rings (SSSR count). The molecule has 2 aromatic rings. The Morgan fingerprint density at radius 3 is 2.48 bits per heavy atom. The maximum atomic E-state index is 12.3. The summed E-state index contributed by atoms with van der Waals surface area (Å²) in [7, 11) is -3.32. The van der Waals surface area contributed by atoms with Crippen molar-refractivity contribution in [2.75, 3.05) is 19.6 Å². The summed E-state index contributed by atoms with van der Waals surface area (Å²) in [4.78, 5) is 0. The molecule has 23 heavy (non-hydrogen) atoms. The van der Waals surface area contributed by atoms with Crippen LogP contribution in [-0.4, -0.2) is 32.3 Å². The van der Waals surface area contributed by atoms with Gasteiger partial charge in [0, 0.05) is 6.54 Å². The Balaban J connectivity index is 1.91. The monoisotopic (exact) mass is 331 g/mol. The van der Waals surface area contributed by atoms with Crippen LogP contribution in [0.3, 0.4) is 0 Å². The van der Waals surface area contributed by atoms with Gasteiger partial charge in [-0.1, -0.05) is 30.3 Å². The Hall–Kier alpha value is -2.05. The van der Waals surface area contributed by atoms with Crippen molar-refractivity contribution in [3.63, 3.8) is 0 Å². The van der Waals surface area contributed by atoms with Gasteiger partial charge in [-0.25, -0.2) is 8.42 Å². The Morgan fingerprint density at radius 2 is 1.78 bits per heavy atom. The first-order valence-electron chi connectivity index (χ1n) is 7.48. The van der Waals surface area contributed by atoms with E-state index in [0.717, 1.165) is 22.4 Å². The first-order valence-corrected chi connectivity index (χ1v) is 9.33. The van der Waals surface area contributed by atoms with Gasteiger partial charge < -0.3 is 9.47 Å². The van der Waals surface area contributed by atoms with E-state index < -0.39 is 10.0 Å². The second kappa shape index (κ2) is 5.25. The number of ether oxygens (including phenoxy) is 2. The molecule has 5 nitrogen and oxygen atoms in total. The average molecular weight is 331 g/mol. The van der Waals surface area contributed by atoms with Crippen LogP contribution in [0.25, 0.3) is 0 Å². The zero-order valence-corrected chi connectivity index (χ0v) is 13.5. The largest absolute Gasteiger partial charge is 0.454 e. The fourth-order valence-corrected chi connectivity index (χ4v) is 4.37. The third-order valence-corrected chi connectivity index (χ3v) is 5.61. The fraction of sp³-hybridized carbons (Fsp3) is 0.294. The van der Waals surface area contributed by atoms with E-state index in [0.29, 0.717) is 18.7 Å². The topological polar surface area (TPSA) is 55.8 Å². The predicted molar refractivity (Wildman–Crippen MR) is 86.1 cm³/mol. The molecule has 0 fully saturated rings. The van der Waals surface area contributed by atoms with E-state index in [2.05, 4.69) is 0 Å². The van der Waals surface area contributed by atoms with Gasteiger partial charge in [0.25, 0.3) is 0 Å². The van der Waals surface area contributed by atoms with E-state index in [1.807, 2.05) is 42.5 Å². The lowest BCUT2D eigenvalue weighted by Gasteiger charge is -2.36. The van der Waals surface area contributed by atoms with Crippen LogP contribution in [0.1, 0.15) is 22.7 Å². The van der Waals surface area contributed by atoms with E-state index in [1.165, 1.54) is 6.26 Å². The van der Waals surface area contributed by atoms with E-state index >= 15 is 0 Å². The van der Waals surface area contributed by atoms with E-state index in [4.69, 9.17) is 9.47 Å². The molecule has 0 saturated carbocycles. The quantitative estimate of drug-likeness (QED) is 0.847. The first kappa shape index (κ1) is 14.5. The molecule has 0 aromatic heterocycles. The van der Waals surface area contributed by atoms with Crippen molar-refractivity contribution >= 4 is 10.0 Å². The van der Waals surface area contributed by atoms with Crippen molar-refractivity contribution in [3.05, 3.63) is 59.2 Å². The van der Waals surface area contributed by atoms with Crippen LogP contribution in [0, 0.1) is 0 Å². The van der Waals surface area contributed by atoms with E-state index in [9.17, 15) is 8.42 Å². The standard InChI is InChI=1S/C17H17NO4S/c1-23(19,20)18-8-7-13-9-15-16(22-11-21-15)10-14(13)17(18)12-5-3-2-4-6-12/h2-6,9-10,17H,7-8,11H2,1H3. The highest BCUT2D eigenvalue weighted by atomic mass is 32.2. The van der Waals surface area contributed by atoms with Gasteiger partial charge in [-0.15, -0.1) is 0 Å². The SMILES string of the molecule is CS(=O)(=O)N1CCc2cc3c(cc2C1c1ccccc1)OCO3. The molecule has 0 aliphatic carbocycles. The second-order valence-electron chi connectivity index (χ2n) is 5.84. The maximum Gasteiger partial charge on any atom is 0.231 e. The van der Waals surface area contributed by atoms with E-state index in [-0.39, 0.29) is 12.8 Å². The molecular weight excluding hydrogens is 314 g/mol. The molecule has 0 radical (unpaired) electrons. The smallest absolute Gasteiger partial charge is 0.231 e. The molecule has 6 heteroatoms. The van der Waals surface area contributed by atoms with Crippen LogP contribution in [0.15, 0.2) is 42.5 Å². The van der Waals surface area contributed by atoms with Crippen LogP contribution in [0.4, 0.5) is 0 Å². The van der Waals surface area contributed by atoms with Crippen LogP contribution in [0.5, 0.6) is 11.5 Å². The van der Waals surface area contributed by atoms with Gasteiger partial charge in [-0.05, 0) is 35.2 Å². The number of hydrogen-bond acceptors (Lipinski definition) is 4.